The molecule has 7 nitrogen and oxygen atoms in total. The van der Waals surface area contributed by atoms with E-state index in [0.29, 0.717) is 41.4 Å². The number of unbranched alkanes of at least 4 members (excludes halogenated alkanes) is 1. The van der Waals surface area contributed by atoms with E-state index < -0.39 is 0 Å². The lowest BCUT2D eigenvalue weighted by molar-refractivity contribution is 0.0672. The van der Waals surface area contributed by atoms with E-state index in [4.69, 9.17) is 4.74 Å². The molecule has 3 aromatic rings. The largest absolute Gasteiger partial charge is 0.489 e. The van der Waals surface area contributed by atoms with E-state index in [1.165, 1.54) is 12.1 Å². The standard InChI is InChI=1S/C22H26FN5O2/c1-4-5-9-27-13-14(2)30-19-7-6-16(23)11-17(19)15(3)25-20-8-10-28-21(26-20)18(12-24-28)22(27)29/h6-8,10-12,14-15H,4-5,9,13H2,1-3H3,(H,25,26)/t14-,15+/m0/s1. The molecule has 1 aliphatic rings. The fourth-order valence-electron chi connectivity index (χ4n) is 3.72. The summed E-state index contributed by atoms with van der Waals surface area (Å²) in [5.74, 6) is 0.719. The van der Waals surface area contributed by atoms with Crippen molar-refractivity contribution >= 4 is 17.4 Å². The maximum Gasteiger partial charge on any atom is 0.259 e. The molecule has 0 saturated heterocycles. The maximum absolute atomic E-state index is 14.0. The Morgan fingerprint density at radius 1 is 1.30 bits per heavy atom. The number of halogens is 1. The lowest BCUT2D eigenvalue weighted by Gasteiger charge is -2.27. The maximum atomic E-state index is 14.0. The first-order valence-electron chi connectivity index (χ1n) is 10.3. The Balaban J connectivity index is 1.82. The van der Waals surface area contributed by atoms with E-state index in [1.807, 2.05) is 13.8 Å². The lowest BCUT2D eigenvalue weighted by atomic mass is 10.1. The minimum atomic E-state index is -0.329. The van der Waals surface area contributed by atoms with E-state index >= 15 is 0 Å². The number of hydrogen-bond donors (Lipinski definition) is 1. The Labute approximate surface area is 174 Å². The first-order valence-corrected chi connectivity index (χ1v) is 10.3. The van der Waals surface area contributed by atoms with Gasteiger partial charge in [0.05, 0.1) is 18.8 Å². The van der Waals surface area contributed by atoms with Gasteiger partial charge in [0.2, 0.25) is 0 Å². The number of benzene rings is 1. The summed E-state index contributed by atoms with van der Waals surface area (Å²) in [5, 5.41) is 7.57. The van der Waals surface area contributed by atoms with Crippen LogP contribution in [0.4, 0.5) is 10.2 Å². The van der Waals surface area contributed by atoms with Crippen molar-refractivity contribution in [1.29, 1.82) is 0 Å². The van der Waals surface area contributed by atoms with Crippen molar-refractivity contribution in [3.05, 3.63) is 53.6 Å². The zero-order valence-corrected chi connectivity index (χ0v) is 17.4. The highest BCUT2D eigenvalue weighted by Crippen LogP contribution is 2.30. The normalized spacial score (nSPS) is 19.5. The number of hydrogen-bond acceptors (Lipinski definition) is 5. The van der Waals surface area contributed by atoms with Gasteiger partial charge in [-0.3, -0.25) is 4.79 Å². The van der Waals surface area contributed by atoms with E-state index in [-0.39, 0.29) is 23.9 Å². The van der Waals surface area contributed by atoms with Crippen LogP contribution in [0, 0.1) is 5.82 Å². The van der Waals surface area contributed by atoms with Crippen molar-refractivity contribution in [2.75, 3.05) is 18.4 Å². The zero-order chi connectivity index (χ0) is 21.3. The number of nitrogens with zero attached hydrogens (tertiary/aromatic N) is 4. The first-order chi connectivity index (χ1) is 14.5. The van der Waals surface area contributed by atoms with Gasteiger partial charge in [-0.1, -0.05) is 13.3 Å². The Morgan fingerprint density at radius 2 is 2.13 bits per heavy atom. The average Bonchev–Trinajstić information content (AvgIpc) is 3.14. The van der Waals surface area contributed by atoms with E-state index in [1.54, 1.807) is 33.9 Å². The van der Waals surface area contributed by atoms with Crippen LogP contribution in [0.15, 0.2) is 36.7 Å². The van der Waals surface area contributed by atoms with Crippen molar-refractivity contribution < 1.29 is 13.9 Å². The summed E-state index contributed by atoms with van der Waals surface area (Å²) in [7, 11) is 0. The van der Waals surface area contributed by atoms with Gasteiger partial charge in [0.1, 0.15) is 29.1 Å². The van der Waals surface area contributed by atoms with Crippen LogP contribution < -0.4 is 10.1 Å². The Kier molecular flexibility index (Phi) is 5.57. The van der Waals surface area contributed by atoms with Crippen molar-refractivity contribution in [1.82, 2.24) is 19.5 Å². The number of carbonyl (C=O) groups is 1. The van der Waals surface area contributed by atoms with Gasteiger partial charge in [-0.05, 0) is 44.5 Å². The number of anilines is 1. The Morgan fingerprint density at radius 3 is 2.93 bits per heavy atom. The number of aromatic nitrogens is 3. The summed E-state index contributed by atoms with van der Waals surface area (Å²) in [6.45, 7) is 6.96. The molecule has 0 spiro atoms. The molecule has 3 heterocycles. The summed E-state index contributed by atoms with van der Waals surface area (Å²) >= 11 is 0. The van der Waals surface area contributed by atoms with Gasteiger partial charge in [0.15, 0.2) is 5.65 Å². The Hall–Kier alpha value is -3.16. The summed E-state index contributed by atoms with van der Waals surface area (Å²) in [5.41, 5.74) is 1.64. The smallest absolute Gasteiger partial charge is 0.259 e. The van der Waals surface area contributed by atoms with Gasteiger partial charge in [-0.25, -0.2) is 13.9 Å². The summed E-state index contributed by atoms with van der Waals surface area (Å²) in [6, 6.07) is 6.03. The van der Waals surface area contributed by atoms with Crippen LogP contribution >= 0.6 is 0 Å². The fourth-order valence-corrected chi connectivity index (χ4v) is 3.72. The molecule has 0 saturated carbocycles. The Bertz CT molecular complexity index is 1070. The van der Waals surface area contributed by atoms with Crippen LogP contribution in [0.2, 0.25) is 0 Å². The third-order valence-electron chi connectivity index (χ3n) is 5.28. The second kappa shape index (κ2) is 8.30. The molecule has 1 aromatic carbocycles. The highest BCUT2D eigenvalue weighted by atomic mass is 19.1. The second-order valence-electron chi connectivity index (χ2n) is 7.72. The van der Waals surface area contributed by atoms with Gasteiger partial charge in [0.25, 0.3) is 5.91 Å². The van der Waals surface area contributed by atoms with Crippen molar-refractivity contribution in [2.45, 2.75) is 45.8 Å². The minimum absolute atomic E-state index is 0.120. The molecule has 2 aromatic heterocycles. The van der Waals surface area contributed by atoms with Gasteiger partial charge < -0.3 is 15.0 Å². The number of fused-ring (bicyclic) bond motifs is 2. The molecule has 2 atom stereocenters. The SMILES string of the molecule is CCCCN1C[C@H](C)Oc2ccc(F)cc2[C@@H](C)Nc2ccn3ncc(c3n2)C1=O. The number of rotatable bonds is 3. The molecule has 1 amide bonds. The predicted molar refractivity (Wildman–Crippen MR) is 112 cm³/mol. The van der Waals surface area contributed by atoms with E-state index in [9.17, 15) is 9.18 Å². The summed E-state index contributed by atoms with van der Waals surface area (Å²) in [4.78, 5) is 19.7. The van der Waals surface area contributed by atoms with Crippen LogP contribution in [0.3, 0.4) is 0 Å². The lowest BCUT2D eigenvalue weighted by Crippen LogP contribution is -2.39. The topological polar surface area (TPSA) is 71.8 Å². The van der Waals surface area contributed by atoms with Crippen molar-refractivity contribution in [3.63, 3.8) is 0 Å². The zero-order valence-electron chi connectivity index (χ0n) is 17.4. The quantitative estimate of drug-likeness (QED) is 0.704. The predicted octanol–water partition coefficient (Wildman–Crippen LogP) is 4.06. The van der Waals surface area contributed by atoms with Crippen LogP contribution in [0.1, 0.15) is 55.6 Å². The third kappa shape index (κ3) is 3.94. The summed E-state index contributed by atoms with van der Waals surface area (Å²) in [6.07, 6.45) is 4.91. The minimum Gasteiger partial charge on any atom is -0.489 e. The molecule has 4 rings (SSSR count). The highest BCUT2D eigenvalue weighted by molar-refractivity contribution is 5.99. The van der Waals surface area contributed by atoms with Crippen molar-refractivity contribution in [2.24, 2.45) is 0 Å². The summed E-state index contributed by atoms with van der Waals surface area (Å²) < 4.78 is 21.8. The molecular formula is C22H26FN5O2. The number of nitrogens with one attached hydrogen (secondary N) is 1. The highest BCUT2D eigenvalue weighted by Gasteiger charge is 2.25. The number of amides is 1. The van der Waals surface area contributed by atoms with Gasteiger partial charge in [0, 0.05) is 18.3 Å². The van der Waals surface area contributed by atoms with Crippen LogP contribution in [-0.4, -0.2) is 44.6 Å². The first kappa shape index (κ1) is 20.1. The van der Waals surface area contributed by atoms with E-state index in [0.717, 1.165) is 12.8 Å². The van der Waals surface area contributed by atoms with Gasteiger partial charge in [-0.2, -0.15) is 5.10 Å². The van der Waals surface area contributed by atoms with Gasteiger partial charge in [-0.15, -0.1) is 0 Å². The second-order valence-corrected chi connectivity index (χ2v) is 7.72. The van der Waals surface area contributed by atoms with E-state index in [2.05, 4.69) is 22.3 Å². The van der Waals surface area contributed by atoms with Crippen molar-refractivity contribution in [3.8, 4) is 5.75 Å². The molecule has 30 heavy (non-hydrogen) atoms. The monoisotopic (exact) mass is 411 g/mol. The molecule has 8 heteroatoms. The molecular weight excluding hydrogens is 385 g/mol. The molecule has 1 aliphatic heterocycles. The molecule has 0 radical (unpaired) electrons. The molecule has 1 N–H and O–H groups in total. The number of carbonyl (C=O) groups excluding carboxylic acids is 1. The van der Waals surface area contributed by atoms with Crippen LogP contribution in [-0.2, 0) is 0 Å². The van der Waals surface area contributed by atoms with Crippen LogP contribution in [0.5, 0.6) is 5.75 Å². The average molecular weight is 411 g/mol. The van der Waals surface area contributed by atoms with Crippen LogP contribution in [0.25, 0.3) is 5.65 Å². The number of ether oxygens (including phenoxy) is 1. The molecule has 0 aliphatic carbocycles. The van der Waals surface area contributed by atoms with Gasteiger partial charge >= 0.3 is 0 Å². The molecule has 0 fully saturated rings. The molecule has 0 unspecified atom stereocenters. The molecule has 158 valence electrons. The fraction of sp³-hybridized carbons (Fsp3) is 0.409. The molecule has 2 bridgehead atoms. The third-order valence-corrected chi connectivity index (χ3v) is 5.28.